The second-order valence-electron chi connectivity index (χ2n) is 7.03. The predicted molar refractivity (Wildman–Crippen MR) is 103 cm³/mol. The van der Waals surface area contributed by atoms with E-state index in [0.29, 0.717) is 12.1 Å². The van der Waals surface area contributed by atoms with Crippen LogP contribution in [0.2, 0.25) is 0 Å². The summed E-state index contributed by atoms with van der Waals surface area (Å²) in [6.45, 7) is 5.20. The average molecular weight is 378 g/mol. The molecule has 2 heterocycles. The number of nitrogens with one attached hydrogen (secondary N) is 1. The first-order chi connectivity index (χ1) is 12.3. The zero-order valence-corrected chi connectivity index (χ0v) is 16.3. The lowest BCUT2D eigenvalue weighted by Gasteiger charge is -2.22. The number of carbonyl (C=O) groups is 1. The van der Waals surface area contributed by atoms with Crippen molar-refractivity contribution in [2.75, 3.05) is 30.4 Å². The number of hydrogen-bond acceptors (Lipinski definition) is 5. The van der Waals surface area contributed by atoms with Crippen LogP contribution in [0.5, 0.6) is 0 Å². The highest BCUT2D eigenvalue weighted by Crippen LogP contribution is 2.21. The Balaban J connectivity index is 1.66. The highest BCUT2D eigenvalue weighted by atomic mass is 32.2. The van der Waals surface area contributed by atoms with Crippen molar-refractivity contribution >= 4 is 32.5 Å². The molecule has 1 aliphatic rings. The van der Waals surface area contributed by atoms with Crippen LogP contribution in [0.15, 0.2) is 18.2 Å². The van der Waals surface area contributed by atoms with E-state index in [0.717, 1.165) is 29.8 Å². The predicted octanol–water partition coefficient (Wildman–Crippen LogP) is 1.81. The summed E-state index contributed by atoms with van der Waals surface area (Å²) in [5, 5.41) is 2.89. The summed E-state index contributed by atoms with van der Waals surface area (Å²) in [6.07, 6.45) is 1.63. The number of nitrogens with zero attached hydrogens (tertiary/aromatic N) is 3. The molecule has 1 aromatic heterocycles. The van der Waals surface area contributed by atoms with Gasteiger partial charge >= 0.3 is 0 Å². The molecule has 26 heavy (non-hydrogen) atoms. The van der Waals surface area contributed by atoms with Crippen molar-refractivity contribution < 1.29 is 13.2 Å². The molecule has 1 saturated heterocycles. The zero-order valence-electron chi connectivity index (χ0n) is 15.5. The number of amides is 1. The van der Waals surface area contributed by atoms with Gasteiger partial charge in [-0.2, -0.15) is 0 Å². The fourth-order valence-corrected chi connectivity index (χ4v) is 5.32. The first-order valence-electron chi connectivity index (χ1n) is 8.96. The van der Waals surface area contributed by atoms with E-state index in [1.165, 1.54) is 0 Å². The van der Waals surface area contributed by atoms with Crippen LogP contribution in [-0.4, -0.2) is 59.9 Å². The van der Waals surface area contributed by atoms with Gasteiger partial charge in [0.25, 0.3) is 0 Å². The van der Waals surface area contributed by atoms with E-state index in [4.69, 9.17) is 0 Å². The minimum atomic E-state index is -2.95. The number of hydrogen-bond donors (Lipinski definition) is 1. The van der Waals surface area contributed by atoms with Crippen molar-refractivity contribution in [3.05, 3.63) is 24.0 Å². The summed E-state index contributed by atoms with van der Waals surface area (Å²) in [5.41, 5.74) is 2.63. The number of likely N-dealkylation sites (N-methyl/N-ethyl adjacent to an activating group) is 1. The van der Waals surface area contributed by atoms with E-state index in [-0.39, 0.29) is 30.0 Å². The number of fused-ring (bicyclic) bond motifs is 1. The molecule has 1 atom stereocenters. The molecule has 0 spiro atoms. The number of anilines is 1. The Morgan fingerprint density at radius 3 is 2.85 bits per heavy atom. The van der Waals surface area contributed by atoms with Crippen LogP contribution in [0.25, 0.3) is 11.0 Å². The third-order valence-corrected chi connectivity index (χ3v) is 6.65. The highest BCUT2D eigenvalue weighted by molar-refractivity contribution is 7.91. The molecule has 3 rings (SSSR count). The Hall–Kier alpha value is -1.93. The van der Waals surface area contributed by atoms with Crippen LogP contribution in [0, 0.1) is 6.92 Å². The molecule has 1 fully saturated rings. The lowest BCUT2D eigenvalue weighted by atomic mass is 10.2. The van der Waals surface area contributed by atoms with Gasteiger partial charge in [-0.25, -0.2) is 13.4 Å². The molecule has 0 saturated carbocycles. The standard InChI is InChI=1S/C18H26N4O3S/c1-4-8-22-13(2)19-16-10-14(5-6-17(16)22)20-18(23)11-21(3)15-7-9-26(24,25)12-15/h5-6,10,15H,4,7-9,11-12H2,1-3H3,(H,20,23). The van der Waals surface area contributed by atoms with Crippen molar-refractivity contribution in [1.29, 1.82) is 0 Å². The lowest BCUT2D eigenvalue weighted by molar-refractivity contribution is -0.117. The largest absolute Gasteiger partial charge is 0.328 e. The van der Waals surface area contributed by atoms with Crippen molar-refractivity contribution in [2.24, 2.45) is 0 Å². The maximum absolute atomic E-state index is 12.3. The summed E-state index contributed by atoms with van der Waals surface area (Å²) in [7, 11) is -1.15. The molecule has 0 bridgehead atoms. The van der Waals surface area contributed by atoms with Crippen molar-refractivity contribution in [3.8, 4) is 0 Å². The van der Waals surface area contributed by atoms with Gasteiger partial charge in [0.05, 0.1) is 29.1 Å². The van der Waals surface area contributed by atoms with E-state index in [1.807, 2.05) is 30.0 Å². The molecule has 2 aromatic rings. The van der Waals surface area contributed by atoms with E-state index >= 15 is 0 Å². The summed E-state index contributed by atoms with van der Waals surface area (Å²) in [4.78, 5) is 18.7. The third-order valence-electron chi connectivity index (χ3n) is 4.89. The SMILES string of the molecule is CCCn1c(C)nc2cc(NC(=O)CN(C)C3CCS(=O)(=O)C3)ccc21. The second-order valence-corrected chi connectivity index (χ2v) is 9.26. The monoisotopic (exact) mass is 378 g/mol. The van der Waals surface area contributed by atoms with Crippen molar-refractivity contribution in [1.82, 2.24) is 14.5 Å². The summed E-state index contributed by atoms with van der Waals surface area (Å²) >= 11 is 0. The van der Waals surface area contributed by atoms with Gasteiger partial charge < -0.3 is 9.88 Å². The number of sulfone groups is 1. The van der Waals surface area contributed by atoms with Crippen LogP contribution in [-0.2, 0) is 21.2 Å². The van der Waals surface area contributed by atoms with Gasteiger partial charge in [0.1, 0.15) is 5.82 Å². The molecule has 1 N–H and O–H groups in total. The summed E-state index contributed by atoms with van der Waals surface area (Å²) in [5.74, 6) is 1.16. The number of carbonyl (C=O) groups excluding carboxylic acids is 1. The van der Waals surface area contributed by atoms with Gasteiger partial charge in [-0.3, -0.25) is 9.69 Å². The summed E-state index contributed by atoms with van der Waals surface area (Å²) in [6, 6.07) is 5.66. The summed E-state index contributed by atoms with van der Waals surface area (Å²) < 4.78 is 25.3. The molecule has 1 aliphatic heterocycles. The Morgan fingerprint density at radius 2 is 2.19 bits per heavy atom. The highest BCUT2D eigenvalue weighted by Gasteiger charge is 2.31. The second kappa shape index (κ2) is 7.36. The van der Waals surface area contributed by atoms with E-state index < -0.39 is 9.84 Å². The maximum Gasteiger partial charge on any atom is 0.238 e. The number of aromatic nitrogens is 2. The molecule has 7 nitrogen and oxygen atoms in total. The van der Waals surface area contributed by atoms with Crippen LogP contribution >= 0.6 is 0 Å². The molecular weight excluding hydrogens is 352 g/mol. The molecule has 1 aromatic carbocycles. The van der Waals surface area contributed by atoms with Crippen LogP contribution in [0.1, 0.15) is 25.6 Å². The number of rotatable bonds is 6. The average Bonchev–Trinajstić information content (AvgIpc) is 3.07. The van der Waals surface area contributed by atoms with Crippen LogP contribution in [0.3, 0.4) is 0 Å². The third kappa shape index (κ3) is 4.07. The van der Waals surface area contributed by atoms with Gasteiger partial charge in [0.15, 0.2) is 9.84 Å². The van der Waals surface area contributed by atoms with Gasteiger partial charge in [-0.1, -0.05) is 6.92 Å². The first kappa shape index (κ1) is 18.8. The van der Waals surface area contributed by atoms with Gasteiger partial charge in [-0.15, -0.1) is 0 Å². The number of aryl methyl sites for hydroxylation is 2. The Bertz CT molecular complexity index is 920. The zero-order chi connectivity index (χ0) is 18.9. The first-order valence-corrected chi connectivity index (χ1v) is 10.8. The topological polar surface area (TPSA) is 84.3 Å². The minimum absolute atomic E-state index is 0.0828. The normalized spacial score (nSPS) is 19.3. The van der Waals surface area contributed by atoms with Crippen molar-refractivity contribution in [2.45, 2.75) is 39.3 Å². The minimum Gasteiger partial charge on any atom is -0.328 e. The van der Waals surface area contributed by atoms with E-state index in [1.54, 1.807) is 7.05 Å². The quantitative estimate of drug-likeness (QED) is 0.829. The van der Waals surface area contributed by atoms with E-state index in [2.05, 4.69) is 21.8 Å². The van der Waals surface area contributed by atoms with Gasteiger partial charge in [0.2, 0.25) is 5.91 Å². The molecule has 0 aliphatic carbocycles. The van der Waals surface area contributed by atoms with Crippen LogP contribution in [0.4, 0.5) is 5.69 Å². The fraction of sp³-hybridized carbons (Fsp3) is 0.556. The Labute approximate surface area is 154 Å². The van der Waals surface area contributed by atoms with Gasteiger partial charge in [-0.05, 0) is 45.0 Å². The van der Waals surface area contributed by atoms with Gasteiger partial charge in [0, 0.05) is 18.3 Å². The fourth-order valence-electron chi connectivity index (χ4n) is 3.51. The Morgan fingerprint density at radius 1 is 1.42 bits per heavy atom. The molecule has 142 valence electrons. The number of imidazole rings is 1. The molecule has 1 amide bonds. The maximum atomic E-state index is 12.3. The van der Waals surface area contributed by atoms with E-state index in [9.17, 15) is 13.2 Å². The van der Waals surface area contributed by atoms with Crippen LogP contribution < -0.4 is 5.32 Å². The smallest absolute Gasteiger partial charge is 0.238 e. The Kier molecular flexibility index (Phi) is 5.34. The molecule has 1 unspecified atom stereocenters. The number of benzene rings is 1. The molecule has 8 heteroatoms. The molecular formula is C18H26N4O3S. The lowest BCUT2D eigenvalue weighted by Crippen LogP contribution is -2.38. The van der Waals surface area contributed by atoms with Crippen molar-refractivity contribution in [3.63, 3.8) is 0 Å². The molecule has 0 radical (unpaired) electrons.